The highest BCUT2D eigenvalue weighted by Crippen LogP contribution is 2.16. The zero-order chi connectivity index (χ0) is 17.7. The van der Waals surface area contributed by atoms with Gasteiger partial charge in [-0.2, -0.15) is 0 Å². The van der Waals surface area contributed by atoms with Gasteiger partial charge in [0.1, 0.15) is 0 Å². The van der Waals surface area contributed by atoms with Crippen molar-refractivity contribution in [3.63, 3.8) is 0 Å². The fourth-order valence-corrected chi connectivity index (χ4v) is 2.68. The van der Waals surface area contributed by atoms with Gasteiger partial charge in [-0.3, -0.25) is 14.3 Å². The Balaban J connectivity index is 2.09. The average molecular weight is 346 g/mol. The summed E-state index contributed by atoms with van der Waals surface area (Å²) in [6.45, 7) is 1.76. The van der Waals surface area contributed by atoms with E-state index < -0.39 is 15.9 Å². The molecule has 126 valence electrons. The first-order valence-electron chi connectivity index (χ1n) is 7.21. The molecular formula is C17H18N2O4S. The van der Waals surface area contributed by atoms with Crippen LogP contribution in [0.3, 0.4) is 0 Å². The summed E-state index contributed by atoms with van der Waals surface area (Å²) in [5, 5.41) is 2.73. The SMILES string of the molecule is CC(=O)c1ccc(CNC(=O)c2ccccc2NS(C)(=O)=O)cc1. The van der Waals surface area contributed by atoms with Gasteiger partial charge in [0.2, 0.25) is 10.0 Å². The fraction of sp³-hybridized carbons (Fsp3) is 0.176. The van der Waals surface area contributed by atoms with Crippen LogP contribution in [-0.2, 0) is 16.6 Å². The van der Waals surface area contributed by atoms with Gasteiger partial charge in [-0.1, -0.05) is 36.4 Å². The molecule has 0 atom stereocenters. The average Bonchev–Trinajstić information content (AvgIpc) is 2.52. The van der Waals surface area contributed by atoms with Crippen molar-refractivity contribution in [1.82, 2.24) is 5.32 Å². The van der Waals surface area contributed by atoms with Crippen LogP contribution < -0.4 is 10.0 Å². The van der Waals surface area contributed by atoms with E-state index in [1.54, 1.807) is 42.5 Å². The Bertz CT molecular complexity index is 858. The summed E-state index contributed by atoms with van der Waals surface area (Å²) in [6.07, 6.45) is 1.03. The van der Waals surface area contributed by atoms with Crippen molar-refractivity contribution in [3.8, 4) is 0 Å². The molecule has 1 amide bonds. The Morgan fingerprint density at radius 1 is 1.00 bits per heavy atom. The van der Waals surface area contributed by atoms with Crippen molar-refractivity contribution in [2.45, 2.75) is 13.5 Å². The van der Waals surface area contributed by atoms with Gasteiger partial charge in [0.25, 0.3) is 5.91 Å². The predicted octanol–water partition coefficient (Wildman–Crippen LogP) is 2.19. The lowest BCUT2D eigenvalue weighted by atomic mass is 10.1. The molecule has 2 aromatic carbocycles. The molecule has 7 heteroatoms. The number of para-hydroxylation sites is 1. The molecule has 0 aliphatic rings. The number of carbonyl (C=O) groups excluding carboxylic acids is 2. The minimum Gasteiger partial charge on any atom is -0.348 e. The van der Waals surface area contributed by atoms with Gasteiger partial charge in [-0.25, -0.2) is 8.42 Å². The molecule has 0 saturated carbocycles. The largest absolute Gasteiger partial charge is 0.348 e. The van der Waals surface area contributed by atoms with E-state index >= 15 is 0 Å². The van der Waals surface area contributed by atoms with Crippen LogP contribution in [0, 0.1) is 0 Å². The number of hydrogen-bond donors (Lipinski definition) is 2. The van der Waals surface area contributed by atoms with Gasteiger partial charge in [-0.15, -0.1) is 0 Å². The van der Waals surface area contributed by atoms with Gasteiger partial charge in [0, 0.05) is 12.1 Å². The van der Waals surface area contributed by atoms with E-state index in [4.69, 9.17) is 0 Å². The van der Waals surface area contributed by atoms with E-state index in [-0.39, 0.29) is 23.6 Å². The molecule has 0 spiro atoms. The summed E-state index contributed by atoms with van der Waals surface area (Å²) in [6, 6.07) is 13.3. The number of anilines is 1. The number of ketones is 1. The Morgan fingerprint density at radius 3 is 2.21 bits per heavy atom. The molecule has 2 aromatic rings. The van der Waals surface area contributed by atoms with Crippen molar-refractivity contribution < 1.29 is 18.0 Å². The first-order chi connectivity index (χ1) is 11.3. The maximum absolute atomic E-state index is 12.3. The molecule has 0 aliphatic carbocycles. The van der Waals surface area contributed by atoms with Crippen LogP contribution in [0.25, 0.3) is 0 Å². The zero-order valence-electron chi connectivity index (χ0n) is 13.4. The van der Waals surface area contributed by atoms with E-state index in [9.17, 15) is 18.0 Å². The summed E-state index contributed by atoms with van der Waals surface area (Å²) in [7, 11) is -3.48. The van der Waals surface area contributed by atoms with E-state index in [0.29, 0.717) is 5.56 Å². The lowest BCUT2D eigenvalue weighted by molar-refractivity contribution is 0.0950. The lowest BCUT2D eigenvalue weighted by Gasteiger charge is -2.11. The van der Waals surface area contributed by atoms with Gasteiger partial charge in [0.15, 0.2) is 5.78 Å². The molecule has 0 radical (unpaired) electrons. The van der Waals surface area contributed by atoms with Crippen LogP contribution in [0.4, 0.5) is 5.69 Å². The number of carbonyl (C=O) groups is 2. The van der Waals surface area contributed by atoms with Gasteiger partial charge in [0.05, 0.1) is 17.5 Å². The third-order valence-electron chi connectivity index (χ3n) is 3.28. The van der Waals surface area contributed by atoms with E-state index in [0.717, 1.165) is 11.8 Å². The Hall–Kier alpha value is -2.67. The molecule has 0 heterocycles. The van der Waals surface area contributed by atoms with Gasteiger partial charge >= 0.3 is 0 Å². The number of Topliss-reactive ketones (excluding diaryl/α,β-unsaturated/α-hetero) is 1. The topological polar surface area (TPSA) is 92.3 Å². The fourth-order valence-electron chi connectivity index (χ4n) is 2.10. The van der Waals surface area contributed by atoms with Crippen molar-refractivity contribution in [2.24, 2.45) is 0 Å². The number of nitrogens with one attached hydrogen (secondary N) is 2. The lowest BCUT2D eigenvalue weighted by Crippen LogP contribution is -2.24. The summed E-state index contributed by atoms with van der Waals surface area (Å²) >= 11 is 0. The minimum atomic E-state index is -3.48. The number of hydrogen-bond acceptors (Lipinski definition) is 4. The second-order valence-electron chi connectivity index (χ2n) is 5.36. The third kappa shape index (κ3) is 4.92. The van der Waals surface area contributed by atoms with Crippen LogP contribution in [0.1, 0.15) is 33.2 Å². The summed E-state index contributed by atoms with van der Waals surface area (Å²) in [5.74, 6) is -0.413. The van der Waals surface area contributed by atoms with E-state index in [1.807, 2.05) is 0 Å². The standard InChI is InChI=1S/C17H18N2O4S/c1-12(20)14-9-7-13(8-10-14)11-18-17(21)15-5-3-4-6-16(15)19-24(2,22)23/h3-10,19H,11H2,1-2H3,(H,18,21). The number of rotatable bonds is 6. The summed E-state index contributed by atoms with van der Waals surface area (Å²) < 4.78 is 25.1. The molecule has 24 heavy (non-hydrogen) atoms. The molecule has 2 N–H and O–H groups in total. The van der Waals surface area contributed by atoms with Crippen LogP contribution in [-0.4, -0.2) is 26.4 Å². The summed E-state index contributed by atoms with van der Waals surface area (Å²) in [5.41, 5.74) is 1.90. The molecule has 0 unspecified atom stereocenters. The number of sulfonamides is 1. The Morgan fingerprint density at radius 2 is 1.62 bits per heavy atom. The molecule has 0 aromatic heterocycles. The number of benzene rings is 2. The van der Waals surface area contributed by atoms with Crippen molar-refractivity contribution in [1.29, 1.82) is 0 Å². The Labute approximate surface area is 140 Å². The molecule has 6 nitrogen and oxygen atoms in total. The molecule has 0 bridgehead atoms. The van der Waals surface area contributed by atoms with Crippen molar-refractivity contribution in [2.75, 3.05) is 11.0 Å². The quantitative estimate of drug-likeness (QED) is 0.784. The summed E-state index contributed by atoms with van der Waals surface area (Å²) in [4.78, 5) is 23.5. The molecular weight excluding hydrogens is 328 g/mol. The first kappa shape index (κ1) is 17.7. The van der Waals surface area contributed by atoms with Crippen LogP contribution in [0.2, 0.25) is 0 Å². The Kier molecular flexibility index (Phi) is 5.35. The first-order valence-corrected chi connectivity index (χ1v) is 9.10. The molecule has 2 rings (SSSR count). The maximum Gasteiger partial charge on any atom is 0.253 e. The highest BCUT2D eigenvalue weighted by atomic mass is 32.2. The second-order valence-corrected chi connectivity index (χ2v) is 7.10. The van der Waals surface area contributed by atoms with Gasteiger partial charge in [-0.05, 0) is 24.6 Å². The number of amides is 1. The van der Waals surface area contributed by atoms with Crippen LogP contribution >= 0.6 is 0 Å². The second kappa shape index (κ2) is 7.27. The molecule has 0 aliphatic heterocycles. The normalized spacial score (nSPS) is 10.9. The van der Waals surface area contributed by atoms with E-state index in [2.05, 4.69) is 10.0 Å². The smallest absolute Gasteiger partial charge is 0.253 e. The van der Waals surface area contributed by atoms with Gasteiger partial charge < -0.3 is 5.32 Å². The predicted molar refractivity (Wildman–Crippen MR) is 92.5 cm³/mol. The van der Waals surface area contributed by atoms with Crippen molar-refractivity contribution >= 4 is 27.4 Å². The minimum absolute atomic E-state index is 0.0219. The molecule has 0 saturated heterocycles. The third-order valence-corrected chi connectivity index (χ3v) is 3.87. The van der Waals surface area contributed by atoms with E-state index in [1.165, 1.54) is 13.0 Å². The van der Waals surface area contributed by atoms with Crippen LogP contribution in [0.5, 0.6) is 0 Å². The molecule has 0 fully saturated rings. The zero-order valence-corrected chi connectivity index (χ0v) is 14.2. The highest BCUT2D eigenvalue weighted by molar-refractivity contribution is 7.92. The maximum atomic E-state index is 12.3. The monoisotopic (exact) mass is 346 g/mol. The van der Waals surface area contributed by atoms with Crippen molar-refractivity contribution in [3.05, 3.63) is 65.2 Å². The van der Waals surface area contributed by atoms with Crippen LogP contribution in [0.15, 0.2) is 48.5 Å². The highest BCUT2D eigenvalue weighted by Gasteiger charge is 2.13.